The van der Waals surface area contributed by atoms with Crippen LogP contribution >= 0.6 is 0 Å². The number of hydrogen-bond acceptors (Lipinski definition) is 6. The van der Waals surface area contributed by atoms with E-state index in [9.17, 15) is 0 Å². The first-order chi connectivity index (χ1) is 18.8. The molecule has 0 aliphatic rings. The van der Waals surface area contributed by atoms with Crippen molar-refractivity contribution in [2.24, 2.45) is 5.73 Å². The quantitative estimate of drug-likeness (QED) is 0.0689. The van der Waals surface area contributed by atoms with Crippen LogP contribution in [-0.2, 0) is 9.47 Å². The van der Waals surface area contributed by atoms with Crippen LogP contribution in [0, 0.1) is 0 Å². The van der Waals surface area contributed by atoms with Crippen LogP contribution in [0.1, 0.15) is 136 Å². The standard InChI is InChI=1S/C32H70N4O2/c1-3-5-6-7-8-9-10-11-12-13-14-15-16-17-18-19-29-37-31-32(38-4-2)30-36-28-22-27-35-26-21-25-34-24-20-23-33/h32,34-36H,3-31,33H2,1-2H3. The van der Waals surface area contributed by atoms with Gasteiger partial charge in [0.2, 0.25) is 0 Å². The summed E-state index contributed by atoms with van der Waals surface area (Å²) in [5.41, 5.74) is 5.49. The van der Waals surface area contributed by atoms with Crippen molar-refractivity contribution in [3.8, 4) is 0 Å². The lowest BCUT2D eigenvalue weighted by Gasteiger charge is -2.18. The van der Waals surface area contributed by atoms with Gasteiger partial charge in [0.15, 0.2) is 0 Å². The minimum Gasteiger partial charge on any atom is -0.379 e. The second-order valence-corrected chi connectivity index (χ2v) is 11.0. The van der Waals surface area contributed by atoms with Crippen molar-refractivity contribution >= 4 is 0 Å². The number of nitrogens with two attached hydrogens (primary N) is 1. The number of nitrogens with one attached hydrogen (secondary N) is 3. The molecule has 0 heterocycles. The molecule has 38 heavy (non-hydrogen) atoms. The fraction of sp³-hybridized carbons (Fsp3) is 1.00. The van der Waals surface area contributed by atoms with Crippen molar-refractivity contribution in [2.45, 2.75) is 142 Å². The average molecular weight is 543 g/mol. The van der Waals surface area contributed by atoms with E-state index < -0.39 is 0 Å². The smallest absolute Gasteiger partial charge is 0.0932 e. The zero-order valence-corrected chi connectivity index (χ0v) is 26.0. The van der Waals surface area contributed by atoms with E-state index >= 15 is 0 Å². The maximum absolute atomic E-state index is 5.93. The van der Waals surface area contributed by atoms with Crippen LogP contribution < -0.4 is 21.7 Å². The summed E-state index contributed by atoms with van der Waals surface area (Å²) < 4.78 is 11.8. The monoisotopic (exact) mass is 543 g/mol. The molecule has 0 aliphatic heterocycles. The molecule has 0 radical (unpaired) electrons. The maximum atomic E-state index is 5.93. The number of hydrogen-bond donors (Lipinski definition) is 4. The fourth-order valence-electron chi connectivity index (χ4n) is 4.79. The first-order valence-electron chi connectivity index (χ1n) is 16.9. The van der Waals surface area contributed by atoms with Gasteiger partial charge < -0.3 is 31.2 Å². The second kappa shape index (κ2) is 34.8. The molecule has 1 atom stereocenters. The van der Waals surface area contributed by atoms with Crippen LogP contribution in [0.15, 0.2) is 0 Å². The minimum atomic E-state index is 0.161. The van der Waals surface area contributed by atoms with Gasteiger partial charge in [-0.05, 0) is 71.9 Å². The maximum Gasteiger partial charge on any atom is 0.0932 e. The lowest BCUT2D eigenvalue weighted by Crippen LogP contribution is -2.34. The topological polar surface area (TPSA) is 80.6 Å². The normalized spacial score (nSPS) is 12.4. The van der Waals surface area contributed by atoms with Crippen LogP contribution in [0.3, 0.4) is 0 Å². The first kappa shape index (κ1) is 37.8. The third-order valence-electron chi connectivity index (χ3n) is 7.19. The van der Waals surface area contributed by atoms with Crippen molar-refractivity contribution in [1.82, 2.24) is 16.0 Å². The van der Waals surface area contributed by atoms with Crippen molar-refractivity contribution in [1.29, 1.82) is 0 Å². The Hall–Kier alpha value is -0.240. The molecule has 0 saturated heterocycles. The van der Waals surface area contributed by atoms with Gasteiger partial charge in [0, 0.05) is 19.8 Å². The Morgan fingerprint density at radius 3 is 1.45 bits per heavy atom. The Kier molecular flexibility index (Phi) is 34.6. The fourth-order valence-corrected chi connectivity index (χ4v) is 4.79. The molecule has 0 rings (SSSR count). The molecule has 5 N–H and O–H groups in total. The Bertz CT molecular complexity index is 415. The second-order valence-electron chi connectivity index (χ2n) is 11.0. The van der Waals surface area contributed by atoms with Gasteiger partial charge in [-0.1, -0.05) is 103 Å². The van der Waals surface area contributed by atoms with E-state index in [2.05, 4.69) is 29.8 Å². The highest BCUT2D eigenvalue weighted by Crippen LogP contribution is 2.13. The third-order valence-corrected chi connectivity index (χ3v) is 7.19. The van der Waals surface area contributed by atoms with Crippen LogP contribution in [-0.4, -0.2) is 71.7 Å². The molecule has 0 bridgehead atoms. The van der Waals surface area contributed by atoms with E-state index in [-0.39, 0.29) is 6.10 Å². The highest BCUT2D eigenvalue weighted by atomic mass is 16.5. The molecule has 0 fully saturated rings. The Labute approximate surface area is 238 Å². The summed E-state index contributed by atoms with van der Waals surface area (Å²) in [6.45, 7) is 13.6. The van der Waals surface area contributed by atoms with E-state index in [1.54, 1.807) is 0 Å². The van der Waals surface area contributed by atoms with Crippen molar-refractivity contribution in [3.63, 3.8) is 0 Å². The minimum absolute atomic E-state index is 0.161. The summed E-state index contributed by atoms with van der Waals surface area (Å²) in [4.78, 5) is 0. The molecule has 0 aromatic heterocycles. The highest BCUT2D eigenvalue weighted by molar-refractivity contribution is 4.62. The molecule has 6 nitrogen and oxygen atoms in total. The number of unbranched alkanes of at least 4 members (excludes halogenated alkanes) is 15. The Balaban J connectivity index is 3.34. The summed E-state index contributed by atoms with van der Waals surface area (Å²) in [7, 11) is 0. The third kappa shape index (κ3) is 32.0. The van der Waals surface area contributed by atoms with Gasteiger partial charge in [0.1, 0.15) is 0 Å². The van der Waals surface area contributed by atoms with Crippen LogP contribution in [0.2, 0.25) is 0 Å². The van der Waals surface area contributed by atoms with Crippen LogP contribution in [0.5, 0.6) is 0 Å². The lowest BCUT2D eigenvalue weighted by molar-refractivity contribution is -0.0113. The average Bonchev–Trinajstić information content (AvgIpc) is 2.92. The van der Waals surface area contributed by atoms with Gasteiger partial charge in [-0.25, -0.2) is 0 Å². The van der Waals surface area contributed by atoms with E-state index in [1.165, 1.54) is 109 Å². The van der Waals surface area contributed by atoms with Gasteiger partial charge in [-0.2, -0.15) is 0 Å². The first-order valence-corrected chi connectivity index (χ1v) is 16.9. The van der Waals surface area contributed by atoms with E-state index in [4.69, 9.17) is 15.2 Å². The number of rotatable bonds is 34. The van der Waals surface area contributed by atoms with E-state index in [0.717, 1.165) is 71.9 Å². The molecule has 0 aromatic rings. The summed E-state index contributed by atoms with van der Waals surface area (Å²) in [5, 5.41) is 10.5. The molecular weight excluding hydrogens is 472 g/mol. The van der Waals surface area contributed by atoms with Crippen molar-refractivity contribution < 1.29 is 9.47 Å². The zero-order valence-electron chi connectivity index (χ0n) is 26.0. The largest absolute Gasteiger partial charge is 0.379 e. The summed E-state index contributed by atoms with van der Waals surface area (Å²) in [6, 6.07) is 0. The van der Waals surface area contributed by atoms with Gasteiger partial charge in [-0.3, -0.25) is 0 Å². The van der Waals surface area contributed by atoms with Gasteiger partial charge in [-0.15, -0.1) is 0 Å². The summed E-state index contributed by atoms with van der Waals surface area (Å²) in [6.07, 6.45) is 26.0. The molecular formula is C32H70N4O2. The predicted molar refractivity (Wildman–Crippen MR) is 167 cm³/mol. The highest BCUT2D eigenvalue weighted by Gasteiger charge is 2.08. The van der Waals surface area contributed by atoms with E-state index in [1.807, 2.05) is 0 Å². The van der Waals surface area contributed by atoms with Crippen LogP contribution in [0.4, 0.5) is 0 Å². The zero-order chi connectivity index (χ0) is 27.6. The SMILES string of the molecule is CCCCCCCCCCCCCCCCCCOCC(CNCCCNCCCNCCCN)OCC. The van der Waals surface area contributed by atoms with E-state index in [0.29, 0.717) is 6.61 Å². The predicted octanol–water partition coefficient (Wildman–Crippen LogP) is 6.57. The summed E-state index contributed by atoms with van der Waals surface area (Å²) >= 11 is 0. The Morgan fingerprint density at radius 2 is 0.974 bits per heavy atom. The molecule has 0 amide bonds. The molecule has 0 aromatic carbocycles. The van der Waals surface area contributed by atoms with Crippen molar-refractivity contribution in [3.05, 3.63) is 0 Å². The van der Waals surface area contributed by atoms with Crippen LogP contribution in [0.25, 0.3) is 0 Å². The molecule has 0 spiro atoms. The van der Waals surface area contributed by atoms with Gasteiger partial charge in [0.05, 0.1) is 12.7 Å². The number of ether oxygens (including phenoxy) is 2. The van der Waals surface area contributed by atoms with Crippen molar-refractivity contribution in [2.75, 3.05) is 65.6 Å². The Morgan fingerprint density at radius 1 is 0.526 bits per heavy atom. The molecule has 230 valence electrons. The summed E-state index contributed by atoms with van der Waals surface area (Å²) in [5.74, 6) is 0. The molecule has 0 saturated carbocycles. The van der Waals surface area contributed by atoms with Gasteiger partial charge in [0.25, 0.3) is 0 Å². The molecule has 0 aliphatic carbocycles. The molecule has 1 unspecified atom stereocenters. The van der Waals surface area contributed by atoms with Gasteiger partial charge >= 0.3 is 0 Å². The molecule has 6 heteroatoms. The lowest BCUT2D eigenvalue weighted by atomic mass is 10.0.